The molecule has 0 saturated carbocycles. The third-order valence-electron chi connectivity index (χ3n) is 3.08. The van der Waals surface area contributed by atoms with Crippen LogP contribution in [0.3, 0.4) is 0 Å². The van der Waals surface area contributed by atoms with E-state index in [2.05, 4.69) is 30.5 Å². The molecule has 0 aliphatic carbocycles. The van der Waals surface area contributed by atoms with Crippen molar-refractivity contribution >= 4 is 11.8 Å². The molecule has 2 rings (SSSR count). The molecule has 2 fully saturated rings. The highest BCUT2D eigenvalue weighted by Crippen LogP contribution is 2.25. The minimum absolute atomic E-state index is 0.454. The summed E-state index contributed by atoms with van der Waals surface area (Å²) >= 11 is 2.10. The number of thioether (sulfide) groups is 1. The molecule has 76 valence electrons. The zero-order valence-electron chi connectivity index (χ0n) is 8.53. The molecule has 0 aromatic carbocycles. The highest BCUT2D eigenvalue weighted by Gasteiger charge is 2.31. The molecule has 0 bridgehead atoms. The first-order chi connectivity index (χ1) is 6.27. The third-order valence-corrected chi connectivity index (χ3v) is 4.21. The van der Waals surface area contributed by atoms with Crippen LogP contribution in [0.2, 0.25) is 0 Å². The predicted molar refractivity (Wildman–Crippen MR) is 57.3 cm³/mol. The van der Waals surface area contributed by atoms with Crippen LogP contribution in [0.5, 0.6) is 0 Å². The Labute approximate surface area is 85.0 Å². The fourth-order valence-electron chi connectivity index (χ4n) is 2.35. The molecule has 13 heavy (non-hydrogen) atoms. The molecule has 3 atom stereocenters. The quantitative estimate of drug-likeness (QED) is 0.639. The maximum Gasteiger partial charge on any atom is 0.0703 e. The largest absolute Gasteiger partial charge is 0.377 e. The summed E-state index contributed by atoms with van der Waals surface area (Å²) < 4.78 is 5.61. The Hall–Kier alpha value is 0.270. The van der Waals surface area contributed by atoms with Crippen molar-refractivity contribution in [2.75, 3.05) is 25.4 Å². The number of ether oxygens (including phenoxy) is 1. The van der Waals surface area contributed by atoms with Gasteiger partial charge in [0.1, 0.15) is 0 Å². The van der Waals surface area contributed by atoms with Gasteiger partial charge < -0.3 is 4.74 Å². The van der Waals surface area contributed by atoms with Gasteiger partial charge in [-0.2, -0.15) is 11.8 Å². The van der Waals surface area contributed by atoms with Crippen LogP contribution in [0.1, 0.15) is 20.3 Å². The lowest BCUT2D eigenvalue weighted by Gasteiger charge is -2.36. The lowest BCUT2D eigenvalue weighted by Crippen LogP contribution is -2.46. The highest BCUT2D eigenvalue weighted by atomic mass is 32.2. The molecule has 0 radical (unpaired) electrons. The average Bonchev–Trinajstić information content (AvgIpc) is 2.51. The molecule has 2 aliphatic rings. The first kappa shape index (κ1) is 9.81. The molecule has 2 aliphatic heterocycles. The molecule has 2 heterocycles. The van der Waals surface area contributed by atoms with Crippen LogP contribution >= 0.6 is 11.8 Å². The van der Waals surface area contributed by atoms with Gasteiger partial charge in [0.15, 0.2) is 0 Å². The van der Waals surface area contributed by atoms with E-state index >= 15 is 0 Å². The van der Waals surface area contributed by atoms with Crippen molar-refractivity contribution < 1.29 is 4.74 Å². The van der Waals surface area contributed by atoms with E-state index in [0.29, 0.717) is 12.1 Å². The van der Waals surface area contributed by atoms with E-state index in [1.807, 2.05) is 0 Å². The second-order valence-corrected chi connectivity index (χ2v) is 5.65. The zero-order chi connectivity index (χ0) is 9.26. The van der Waals surface area contributed by atoms with Gasteiger partial charge in [0.25, 0.3) is 0 Å². The van der Waals surface area contributed by atoms with Crippen LogP contribution in [-0.2, 0) is 4.74 Å². The fourth-order valence-corrected chi connectivity index (χ4v) is 3.39. The van der Waals surface area contributed by atoms with Gasteiger partial charge in [-0.15, -0.1) is 0 Å². The minimum Gasteiger partial charge on any atom is -0.377 e. The van der Waals surface area contributed by atoms with Crippen molar-refractivity contribution in [2.45, 2.75) is 37.7 Å². The topological polar surface area (TPSA) is 12.5 Å². The summed E-state index contributed by atoms with van der Waals surface area (Å²) in [6.07, 6.45) is 1.69. The lowest BCUT2D eigenvalue weighted by molar-refractivity contribution is 0.0758. The van der Waals surface area contributed by atoms with Crippen LogP contribution in [0, 0.1) is 0 Å². The molecular weight excluding hydrogens is 182 g/mol. The standard InChI is InChI=1S/C10H19NOS/c1-8-7-11(4-6-13-8)10-3-5-12-9(10)2/h8-10H,3-7H2,1-2H3. The summed E-state index contributed by atoms with van der Waals surface area (Å²) in [5, 5.41) is 0.807. The predicted octanol–water partition coefficient (Wildman–Crippen LogP) is 1.60. The Morgan fingerprint density at radius 1 is 1.38 bits per heavy atom. The van der Waals surface area contributed by atoms with Crippen LogP contribution in [-0.4, -0.2) is 47.7 Å². The number of hydrogen-bond acceptors (Lipinski definition) is 3. The van der Waals surface area contributed by atoms with Gasteiger partial charge in [-0.05, 0) is 13.3 Å². The van der Waals surface area contributed by atoms with E-state index in [1.165, 1.54) is 25.3 Å². The molecule has 0 amide bonds. The van der Waals surface area contributed by atoms with Crippen LogP contribution < -0.4 is 0 Å². The normalized spacial score (nSPS) is 42.5. The molecule has 0 N–H and O–H groups in total. The number of hydrogen-bond donors (Lipinski definition) is 0. The van der Waals surface area contributed by atoms with Crippen LogP contribution in [0.15, 0.2) is 0 Å². The Morgan fingerprint density at radius 3 is 2.85 bits per heavy atom. The molecule has 0 aromatic heterocycles. The first-order valence-corrected chi connectivity index (χ1v) is 6.29. The summed E-state index contributed by atoms with van der Waals surface area (Å²) in [5.41, 5.74) is 0. The first-order valence-electron chi connectivity index (χ1n) is 5.24. The van der Waals surface area contributed by atoms with Crippen LogP contribution in [0.4, 0.5) is 0 Å². The second kappa shape index (κ2) is 4.20. The van der Waals surface area contributed by atoms with E-state index in [0.717, 1.165) is 11.9 Å². The number of nitrogens with zero attached hydrogens (tertiary/aromatic N) is 1. The summed E-state index contributed by atoms with van der Waals surface area (Å²) in [6.45, 7) is 8.02. The summed E-state index contributed by atoms with van der Waals surface area (Å²) in [6, 6.07) is 0.698. The van der Waals surface area contributed by atoms with E-state index < -0.39 is 0 Å². The van der Waals surface area contributed by atoms with Crippen molar-refractivity contribution in [3.63, 3.8) is 0 Å². The molecule has 3 unspecified atom stereocenters. The van der Waals surface area contributed by atoms with E-state index in [-0.39, 0.29) is 0 Å². The average molecular weight is 201 g/mol. The Kier molecular flexibility index (Phi) is 3.17. The highest BCUT2D eigenvalue weighted by molar-refractivity contribution is 7.99. The summed E-state index contributed by atoms with van der Waals surface area (Å²) in [4.78, 5) is 2.62. The van der Waals surface area contributed by atoms with E-state index in [4.69, 9.17) is 4.74 Å². The van der Waals surface area contributed by atoms with E-state index in [9.17, 15) is 0 Å². The molecule has 3 heteroatoms. The van der Waals surface area contributed by atoms with Crippen molar-refractivity contribution in [1.82, 2.24) is 4.90 Å². The van der Waals surface area contributed by atoms with Crippen molar-refractivity contribution in [3.8, 4) is 0 Å². The monoisotopic (exact) mass is 201 g/mol. The summed E-state index contributed by atoms with van der Waals surface area (Å²) in [7, 11) is 0. The molecule has 2 saturated heterocycles. The Bertz CT molecular complexity index is 176. The van der Waals surface area contributed by atoms with Gasteiger partial charge in [0.05, 0.1) is 6.10 Å². The molecular formula is C10H19NOS. The Morgan fingerprint density at radius 2 is 2.23 bits per heavy atom. The summed E-state index contributed by atoms with van der Waals surface area (Å²) in [5.74, 6) is 1.30. The maximum atomic E-state index is 5.61. The number of rotatable bonds is 1. The van der Waals surface area contributed by atoms with Gasteiger partial charge in [0.2, 0.25) is 0 Å². The van der Waals surface area contributed by atoms with Crippen molar-refractivity contribution in [2.24, 2.45) is 0 Å². The second-order valence-electron chi connectivity index (χ2n) is 4.11. The molecule has 2 nitrogen and oxygen atoms in total. The maximum absolute atomic E-state index is 5.61. The third kappa shape index (κ3) is 2.20. The lowest BCUT2D eigenvalue weighted by atomic mass is 10.1. The van der Waals surface area contributed by atoms with Gasteiger partial charge in [-0.3, -0.25) is 4.90 Å². The van der Waals surface area contributed by atoms with E-state index in [1.54, 1.807) is 0 Å². The van der Waals surface area contributed by atoms with Crippen LogP contribution in [0.25, 0.3) is 0 Å². The molecule has 0 spiro atoms. The van der Waals surface area contributed by atoms with Gasteiger partial charge in [0, 0.05) is 36.7 Å². The van der Waals surface area contributed by atoms with Gasteiger partial charge >= 0.3 is 0 Å². The SMILES string of the molecule is CC1CN(C2CCOC2C)CCS1. The minimum atomic E-state index is 0.454. The van der Waals surface area contributed by atoms with Gasteiger partial charge in [-0.25, -0.2) is 0 Å². The zero-order valence-corrected chi connectivity index (χ0v) is 9.35. The van der Waals surface area contributed by atoms with Crippen molar-refractivity contribution in [3.05, 3.63) is 0 Å². The van der Waals surface area contributed by atoms with Gasteiger partial charge in [-0.1, -0.05) is 6.92 Å². The Balaban J connectivity index is 1.91. The fraction of sp³-hybridized carbons (Fsp3) is 1.00. The van der Waals surface area contributed by atoms with Crippen molar-refractivity contribution in [1.29, 1.82) is 0 Å². The smallest absolute Gasteiger partial charge is 0.0703 e. The molecule has 0 aromatic rings.